The number of carbonyl (C=O) groups excluding carboxylic acids is 1. The SMILES string of the molecule is CCOC(=O)[C@H](C)Sc1nc(C2CCCC2)nc2c1c(=O)n(C)c(=O)n2C. The van der Waals surface area contributed by atoms with E-state index in [0.29, 0.717) is 16.5 Å². The molecule has 1 aliphatic rings. The molecule has 2 aromatic heterocycles. The number of fused-ring (bicyclic) bond motifs is 1. The number of hydrogen-bond acceptors (Lipinski definition) is 7. The lowest BCUT2D eigenvalue weighted by Crippen LogP contribution is -2.38. The number of rotatable bonds is 5. The van der Waals surface area contributed by atoms with Crippen molar-refractivity contribution in [2.24, 2.45) is 14.1 Å². The number of carbonyl (C=O) groups is 1. The highest BCUT2D eigenvalue weighted by atomic mass is 32.2. The van der Waals surface area contributed by atoms with Crippen LogP contribution in [0.5, 0.6) is 0 Å². The monoisotopic (exact) mass is 392 g/mol. The fraction of sp³-hybridized carbons (Fsp3) is 0.611. The Bertz CT molecular complexity index is 991. The fourth-order valence-corrected chi connectivity index (χ4v) is 4.31. The van der Waals surface area contributed by atoms with Crippen molar-refractivity contribution in [1.29, 1.82) is 0 Å². The Labute approximate surface area is 161 Å². The summed E-state index contributed by atoms with van der Waals surface area (Å²) in [6.07, 6.45) is 4.20. The first-order valence-electron chi connectivity index (χ1n) is 9.16. The van der Waals surface area contributed by atoms with Crippen molar-refractivity contribution in [3.63, 3.8) is 0 Å². The molecule has 8 nitrogen and oxygen atoms in total. The Morgan fingerprint density at radius 3 is 2.52 bits per heavy atom. The molecule has 1 fully saturated rings. The third kappa shape index (κ3) is 3.65. The average Bonchev–Trinajstić information content (AvgIpc) is 3.19. The van der Waals surface area contributed by atoms with Crippen LogP contribution in [0.15, 0.2) is 14.6 Å². The zero-order valence-electron chi connectivity index (χ0n) is 16.0. The lowest BCUT2D eigenvalue weighted by atomic mass is 10.1. The lowest BCUT2D eigenvalue weighted by Gasteiger charge is -2.16. The van der Waals surface area contributed by atoms with Gasteiger partial charge in [-0.05, 0) is 26.7 Å². The Morgan fingerprint density at radius 2 is 1.89 bits per heavy atom. The second kappa shape index (κ2) is 7.84. The highest BCUT2D eigenvalue weighted by Crippen LogP contribution is 2.35. The van der Waals surface area contributed by atoms with Gasteiger partial charge >= 0.3 is 11.7 Å². The summed E-state index contributed by atoms with van der Waals surface area (Å²) in [6, 6.07) is 0. The molecule has 2 heterocycles. The van der Waals surface area contributed by atoms with Gasteiger partial charge in [-0.15, -0.1) is 0 Å². The predicted octanol–water partition coefficient (Wildman–Crippen LogP) is 1.73. The molecule has 0 saturated heterocycles. The molecular formula is C18H24N4O4S. The minimum absolute atomic E-state index is 0.214. The summed E-state index contributed by atoms with van der Waals surface area (Å²) in [5.41, 5.74) is -0.568. The van der Waals surface area contributed by atoms with Crippen LogP contribution >= 0.6 is 11.8 Å². The second-order valence-electron chi connectivity index (χ2n) is 6.78. The number of aromatic nitrogens is 4. The highest BCUT2D eigenvalue weighted by molar-refractivity contribution is 8.00. The Balaban J connectivity index is 2.20. The lowest BCUT2D eigenvalue weighted by molar-refractivity contribution is -0.142. The largest absolute Gasteiger partial charge is 0.465 e. The van der Waals surface area contributed by atoms with Gasteiger partial charge in [0.15, 0.2) is 5.65 Å². The molecule has 0 bridgehead atoms. The summed E-state index contributed by atoms with van der Waals surface area (Å²) < 4.78 is 7.49. The standard InChI is InChI=1S/C18H24N4O4S/c1-5-26-17(24)10(2)27-15-12-14(21(3)18(25)22(4)16(12)23)19-13(20-15)11-8-6-7-9-11/h10-11H,5-9H2,1-4H3/t10-/m0/s1. The van der Waals surface area contributed by atoms with Gasteiger partial charge in [-0.1, -0.05) is 24.6 Å². The molecule has 146 valence electrons. The average molecular weight is 392 g/mol. The molecule has 0 N–H and O–H groups in total. The Hall–Kier alpha value is -2.16. The van der Waals surface area contributed by atoms with E-state index in [1.165, 1.54) is 23.4 Å². The van der Waals surface area contributed by atoms with Crippen molar-refractivity contribution >= 4 is 28.8 Å². The molecule has 27 heavy (non-hydrogen) atoms. The van der Waals surface area contributed by atoms with Crippen LogP contribution < -0.4 is 11.2 Å². The van der Waals surface area contributed by atoms with Crippen LogP contribution in [0.25, 0.3) is 11.0 Å². The summed E-state index contributed by atoms with van der Waals surface area (Å²) in [6.45, 7) is 3.76. The number of esters is 1. The third-order valence-corrected chi connectivity index (χ3v) is 5.98. The van der Waals surface area contributed by atoms with E-state index in [1.807, 2.05) is 0 Å². The van der Waals surface area contributed by atoms with Crippen molar-refractivity contribution in [2.75, 3.05) is 6.61 Å². The molecule has 0 aliphatic heterocycles. The molecule has 0 amide bonds. The predicted molar refractivity (Wildman–Crippen MR) is 103 cm³/mol. The molecule has 0 unspecified atom stereocenters. The van der Waals surface area contributed by atoms with E-state index in [9.17, 15) is 14.4 Å². The van der Waals surface area contributed by atoms with Crippen molar-refractivity contribution in [3.8, 4) is 0 Å². The van der Waals surface area contributed by atoms with Crippen molar-refractivity contribution in [3.05, 3.63) is 26.7 Å². The molecule has 3 rings (SSSR count). The highest BCUT2D eigenvalue weighted by Gasteiger charge is 2.26. The van der Waals surface area contributed by atoms with Crippen LogP contribution in [0.4, 0.5) is 0 Å². The number of nitrogens with zero attached hydrogens (tertiary/aromatic N) is 4. The first-order chi connectivity index (χ1) is 12.8. The van der Waals surface area contributed by atoms with Crippen LogP contribution in [0, 0.1) is 0 Å². The normalized spacial score (nSPS) is 16.0. The zero-order chi connectivity index (χ0) is 19.7. The van der Waals surface area contributed by atoms with Crippen molar-refractivity contribution < 1.29 is 9.53 Å². The molecule has 1 aliphatic carbocycles. The van der Waals surface area contributed by atoms with E-state index < -0.39 is 16.5 Å². The van der Waals surface area contributed by atoms with E-state index in [1.54, 1.807) is 20.9 Å². The molecule has 9 heteroatoms. The van der Waals surface area contributed by atoms with Gasteiger partial charge in [-0.25, -0.2) is 14.8 Å². The van der Waals surface area contributed by atoms with Gasteiger partial charge in [0.05, 0.1) is 6.61 Å². The molecular weight excluding hydrogens is 368 g/mol. The van der Waals surface area contributed by atoms with Crippen LogP contribution in [-0.4, -0.2) is 36.9 Å². The molecule has 0 spiro atoms. The third-order valence-electron chi connectivity index (χ3n) is 4.91. The van der Waals surface area contributed by atoms with Gasteiger partial charge in [0.2, 0.25) is 0 Å². The van der Waals surface area contributed by atoms with Crippen molar-refractivity contribution in [1.82, 2.24) is 19.1 Å². The minimum Gasteiger partial charge on any atom is -0.465 e. The van der Waals surface area contributed by atoms with E-state index in [2.05, 4.69) is 9.97 Å². The molecule has 1 saturated carbocycles. The number of aryl methyl sites for hydroxylation is 1. The van der Waals surface area contributed by atoms with E-state index in [4.69, 9.17) is 4.74 Å². The van der Waals surface area contributed by atoms with Gasteiger partial charge in [-0.3, -0.25) is 18.7 Å². The number of hydrogen-bond donors (Lipinski definition) is 0. The summed E-state index contributed by atoms with van der Waals surface area (Å²) in [7, 11) is 3.02. The molecule has 2 aromatic rings. The number of thioether (sulfide) groups is 1. The summed E-state index contributed by atoms with van der Waals surface area (Å²) in [5.74, 6) is 0.492. The molecule has 0 radical (unpaired) electrons. The first-order valence-corrected chi connectivity index (χ1v) is 10.0. The fourth-order valence-electron chi connectivity index (χ4n) is 3.37. The quantitative estimate of drug-likeness (QED) is 0.434. The minimum atomic E-state index is -0.526. The van der Waals surface area contributed by atoms with Gasteiger partial charge in [0.25, 0.3) is 5.56 Å². The van der Waals surface area contributed by atoms with Gasteiger partial charge in [-0.2, -0.15) is 0 Å². The Kier molecular flexibility index (Phi) is 5.69. The maximum atomic E-state index is 12.8. The van der Waals surface area contributed by atoms with E-state index in [-0.39, 0.29) is 23.9 Å². The molecule has 0 aromatic carbocycles. The zero-order valence-corrected chi connectivity index (χ0v) is 16.8. The summed E-state index contributed by atoms with van der Waals surface area (Å²) >= 11 is 1.18. The van der Waals surface area contributed by atoms with Crippen molar-refractivity contribution in [2.45, 2.75) is 55.7 Å². The van der Waals surface area contributed by atoms with Crippen LogP contribution in [0.1, 0.15) is 51.3 Å². The molecule has 1 atom stereocenters. The summed E-state index contributed by atoms with van der Waals surface area (Å²) in [4.78, 5) is 46.4. The maximum absolute atomic E-state index is 12.8. The number of ether oxygens (including phenoxy) is 1. The summed E-state index contributed by atoms with van der Waals surface area (Å²) in [5, 5.41) is 0.169. The second-order valence-corrected chi connectivity index (χ2v) is 8.11. The topological polar surface area (TPSA) is 96.1 Å². The smallest absolute Gasteiger partial charge is 0.332 e. The van der Waals surface area contributed by atoms with Gasteiger partial charge in [0.1, 0.15) is 21.5 Å². The van der Waals surface area contributed by atoms with Crippen LogP contribution in [0.2, 0.25) is 0 Å². The van der Waals surface area contributed by atoms with Gasteiger partial charge < -0.3 is 4.74 Å². The van der Waals surface area contributed by atoms with Crippen LogP contribution in [-0.2, 0) is 23.6 Å². The van der Waals surface area contributed by atoms with Gasteiger partial charge in [0, 0.05) is 20.0 Å². The first kappa shape index (κ1) is 19.6. The van der Waals surface area contributed by atoms with E-state index in [0.717, 1.165) is 30.3 Å². The Morgan fingerprint density at radius 1 is 1.22 bits per heavy atom. The van der Waals surface area contributed by atoms with Crippen LogP contribution in [0.3, 0.4) is 0 Å². The van der Waals surface area contributed by atoms with E-state index >= 15 is 0 Å². The maximum Gasteiger partial charge on any atom is 0.332 e.